The number of ether oxygens (including phenoxy) is 1. The van der Waals surface area contributed by atoms with Gasteiger partial charge in [-0.25, -0.2) is 0 Å². The molecule has 0 spiro atoms. The van der Waals surface area contributed by atoms with Crippen molar-refractivity contribution < 1.29 is 27.6 Å². The fourth-order valence-electron chi connectivity index (χ4n) is 3.86. The Labute approximate surface area is 228 Å². The van der Waals surface area contributed by atoms with Crippen molar-refractivity contribution in [1.82, 2.24) is 0 Å². The first-order chi connectivity index (χ1) is 18.0. The average Bonchev–Trinajstić information content (AvgIpc) is 2.87. The zero-order valence-electron chi connectivity index (χ0n) is 20.1. The lowest BCUT2D eigenvalue weighted by molar-refractivity contribution is 0.102. The van der Waals surface area contributed by atoms with Crippen LogP contribution in [0.4, 0.5) is 17.1 Å². The summed E-state index contributed by atoms with van der Waals surface area (Å²) >= 11 is 12.4. The number of nitrogens with one attached hydrogen (secondary N) is 1. The third-order valence-electron chi connectivity index (χ3n) is 5.70. The molecule has 4 rings (SSSR count). The maximum Gasteiger partial charge on any atom is 0.294 e. The molecular weight excluding hydrogens is 553 g/mol. The number of aryl methyl sites for hydroxylation is 1. The number of fused-ring (bicyclic) bond motifs is 1. The molecule has 0 aliphatic rings. The van der Waals surface area contributed by atoms with E-state index in [0.29, 0.717) is 33.5 Å². The summed E-state index contributed by atoms with van der Waals surface area (Å²) in [5.74, 6) is -0.817. The Hall–Kier alpha value is -3.70. The molecule has 4 aromatic rings. The predicted octanol–water partition coefficient (Wildman–Crippen LogP) is 7.34. The largest absolute Gasteiger partial charge is 0.505 e. The van der Waals surface area contributed by atoms with Crippen LogP contribution in [0.25, 0.3) is 10.8 Å². The molecule has 0 saturated heterocycles. The van der Waals surface area contributed by atoms with Gasteiger partial charge in [-0.05, 0) is 47.7 Å². The van der Waals surface area contributed by atoms with Crippen molar-refractivity contribution in [3.63, 3.8) is 0 Å². The maximum atomic E-state index is 13.2. The van der Waals surface area contributed by atoms with Gasteiger partial charge in [-0.2, -0.15) is 8.42 Å². The van der Waals surface area contributed by atoms with Crippen molar-refractivity contribution in [1.29, 1.82) is 0 Å². The number of azo groups is 1. The number of aromatic hydroxyl groups is 1. The van der Waals surface area contributed by atoms with Gasteiger partial charge in [-0.15, -0.1) is 10.2 Å². The van der Waals surface area contributed by atoms with E-state index in [2.05, 4.69) is 15.5 Å². The first kappa shape index (κ1) is 27.3. The van der Waals surface area contributed by atoms with Gasteiger partial charge in [0.2, 0.25) is 0 Å². The smallest absolute Gasteiger partial charge is 0.294 e. The van der Waals surface area contributed by atoms with E-state index >= 15 is 0 Å². The standard InChI is InChI=1S/C26H21Cl2N3O6S/c1-3-14-11-16(38(34,35)36)13-20(28)22(14)30-31-23-17-8-5-4-7-15(17)12-18(24(23)32)26(33)29-21-10-6-9-19(27)25(21)37-2/h4-13,32H,3H2,1-2H3,(H,29,33)(H,34,35,36). The molecule has 0 aliphatic carbocycles. The van der Waals surface area contributed by atoms with Crippen molar-refractivity contribution >= 4 is 67.1 Å². The zero-order chi connectivity index (χ0) is 27.6. The van der Waals surface area contributed by atoms with Crippen molar-refractivity contribution in [3.8, 4) is 11.5 Å². The van der Waals surface area contributed by atoms with E-state index in [1.165, 1.54) is 19.2 Å². The number of carbonyl (C=O) groups is 1. The number of halogens is 2. The minimum Gasteiger partial charge on any atom is -0.505 e. The van der Waals surface area contributed by atoms with Gasteiger partial charge < -0.3 is 15.2 Å². The van der Waals surface area contributed by atoms with Gasteiger partial charge in [0, 0.05) is 5.39 Å². The molecule has 0 atom stereocenters. The van der Waals surface area contributed by atoms with Gasteiger partial charge in [0.1, 0.15) is 11.4 Å². The van der Waals surface area contributed by atoms with Gasteiger partial charge in [0.25, 0.3) is 16.0 Å². The van der Waals surface area contributed by atoms with E-state index in [4.69, 9.17) is 27.9 Å². The molecule has 0 fully saturated rings. The normalized spacial score (nSPS) is 11.7. The van der Waals surface area contributed by atoms with E-state index in [-0.39, 0.29) is 32.6 Å². The van der Waals surface area contributed by atoms with Crippen LogP contribution in [0, 0.1) is 0 Å². The minimum absolute atomic E-state index is 0.00304. The number of methoxy groups -OCH3 is 1. The summed E-state index contributed by atoms with van der Waals surface area (Å²) in [6.07, 6.45) is 0.327. The molecule has 0 heterocycles. The summed E-state index contributed by atoms with van der Waals surface area (Å²) in [6, 6.07) is 15.6. The molecule has 0 aromatic heterocycles. The number of phenols is 1. The van der Waals surface area contributed by atoms with Crippen LogP contribution < -0.4 is 10.1 Å². The Bertz CT molecular complexity index is 1710. The molecule has 0 unspecified atom stereocenters. The fourth-order valence-corrected chi connectivity index (χ4v) is 5.01. The summed E-state index contributed by atoms with van der Waals surface area (Å²) in [6.45, 7) is 1.75. The van der Waals surface area contributed by atoms with Crippen LogP contribution in [0.3, 0.4) is 0 Å². The third-order valence-corrected chi connectivity index (χ3v) is 7.12. The number of benzene rings is 4. The van der Waals surface area contributed by atoms with E-state index in [0.717, 1.165) is 6.07 Å². The van der Waals surface area contributed by atoms with Crippen LogP contribution in [0.5, 0.6) is 11.5 Å². The molecular formula is C26H21Cl2N3O6S. The highest BCUT2D eigenvalue weighted by molar-refractivity contribution is 7.85. The lowest BCUT2D eigenvalue weighted by Gasteiger charge is -2.14. The Balaban J connectivity index is 1.83. The summed E-state index contributed by atoms with van der Waals surface area (Å²) in [5, 5.41) is 23.6. The fraction of sp³-hybridized carbons (Fsp3) is 0.115. The van der Waals surface area contributed by atoms with Crippen LogP contribution >= 0.6 is 23.2 Å². The van der Waals surface area contributed by atoms with Crippen molar-refractivity contribution in [2.75, 3.05) is 12.4 Å². The molecule has 0 bridgehead atoms. The van der Waals surface area contributed by atoms with Crippen LogP contribution in [0.15, 0.2) is 75.8 Å². The Morgan fingerprint density at radius 3 is 2.39 bits per heavy atom. The average molecular weight is 574 g/mol. The van der Waals surface area contributed by atoms with E-state index < -0.39 is 21.8 Å². The summed E-state index contributed by atoms with van der Waals surface area (Å²) in [4.78, 5) is 12.9. The number of para-hydroxylation sites is 1. The number of anilines is 1. The van der Waals surface area contributed by atoms with Gasteiger partial charge in [-0.3, -0.25) is 9.35 Å². The molecule has 0 aliphatic heterocycles. The number of phenolic OH excluding ortho intramolecular Hbond substituents is 1. The molecule has 0 radical (unpaired) electrons. The number of rotatable bonds is 7. The summed E-state index contributed by atoms with van der Waals surface area (Å²) in [7, 11) is -3.07. The molecule has 0 saturated carbocycles. The first-order valence-electron chi connectivity index (χ1n) is 11.1. The van der Waals surface area contributed by atoms with Gasteiger partial charge in [0.05, 0.1) is 33.3 Å². The zero-order valence-corrected chi connectivity index (χ0v) is 22.4. The van der Waals surface area contributed by atoms with Crippen molar-refractivity contribution in [2.45, 2.75) is 18.2 Å². The molecule has 12 heteroatoms. The molecule has 1 amide bonds. The Morgan fingerprint density at radius 2 is 1.71 bits per heavy atom. The Morgan fingerprint density at radius 1 is 1.00 bits per heavy atom. The molecule has 3 N–H and O–H groups in total. The topological polar surface area (TPSA) is 138 Å². The number of hydrogen-bond acceptors (Lipinski definition) is 7. The quantitative estimate of drug-likeness (QED) is 0.156. The molecule has 4 aromatic carbocycles. The van der Waals surface area contributed by atoms with Gasteiger partial charge in [0.15, 0.2) is 11.5 Å². The SMILES string of the molecule is CCc1cc(S(=O)(=O)O)cc(Cl)c1N=Nc1c(O)c(C(=O)Nc2cccc(Cl)c2OC)cc2ccccc12. The second-order valence-corrected chi connectivity index (χ2v) is 10.3. The predicted molar refractivity (Wildman–Crippen MR) is 146 cm³/mol. The van der Waals surface area contributed by atoms with E-state index in [1.807, 2.05) is 0 Å². The third kappa shape index (κ3) is 5.44. The molecule has 9 nitrogen and oxygen atoms in total. The van der Waals surface area contributed by atoms with Gasteiger partial charge >= 0.3 is 0 Å². The van der Waals surface area contributed by atoms with Crippen molar-refractivity contribution in [2.24, 2.45) is 10.2 Å². The second kappa shape index (κ2) is 11.0. The lowest BCUT2D eigenvalue weighted by Crippen LogP contribution is -2.13. The van der Waals surface area contributed by atoms with Crippen LogP contribution in [-0.4, -0.2) is 31.1 Å². The number of hydrogen-bond donors (Lipinski definition) is 3. The minimum atomic E-state index is -4.48. The second-order valence-electron chi connectivity index (χ2n) is 8.06. The number of amides is 1. The summed E-state index contributed by atoms with van der Waals surface area (Å²) in [5.41, 5.74) is 0.786. The highest BCUT2D eigenvalue weighted by Crippen LogP contribution is 2.42. The van der Waals surface area contributed by atoms with E-state index in [9.17, 15) is 22.9 Å². The van der Waals surface area contributed by atoms with E-state index in [1.54, 1.807) is 49.4 Å². The molecule has 38 heavy (non-hydrogen) atoms. The number of nitrogens with zero attached hydrogens (tertiary/aromatic N) is 2. The van der Waals surface area contributed by atoms with Crippen LogP contribution in [0.2, 0.25) is 10.0 Å². The lowest BCUT2D eigenvalue weighted by atomic mass is 10.0. The Kier molecular flexibility index (Phi) is 7.89. The monoisotopic (exact) mass is 573 g/mol. The highest BCUT2D eigenvalue weighted by Gasteiger charge is 2.21. The number of carbonyl (C=O) groups excluding carboxylic acids is 1. The van der Waals surface area contributed by atoms with Crippen molar-refractivity contribution in [3.05, 3.63) is 81.8 Å². The summed E-state index contributed by atoms with van der Waals surface area (Å²) < 4.78 is 37.8. The highest BCUT2D eigenvalue weighted by atomic mass is 35.5. The molecule has 196 valence electrons. The maximum absolute atomic E-state index is 13.2. The van der Waals surface area contributed by atoms with Crippen LogP contribution in [0.1, 0.15) is 22.8 Å². The first-order valence-corrected chi connectivity index (χ1v) is 13.3. The van der Waals surface area contributed by atoms with Crippen LogP contribution in [-0.2, 0) is 16.5 Å². The van der Waals surface area contributed by atoms with Gasteiger partial charge in [-0.1, -0.05) is 60.5 Å².